The third-order valence-electron chi connectivity index (χ3n) is 4.08. The second kappa shape index (κ2) is 5.82. The van der Waals surface area contributed by atoms with Crippen LogP contribution in [-0.2, 0) is 0 Å². The summed E-state index contributed by atoms with van der Waals surface area (Å²) in [5, 5.41) is 0. The molecule has 1 aromatic carbocycles. The SMILES string of the molecule is CCC(CC)c1nc(C)cn1-c1c(C)cc(C)cc1C. The van der Waals surface area contributed by atoms with Crippen molar-refractivity contribution in [1.29, 1.82) is 0 Å². The van der Waals surface area contributed by atoms with Crippen molar-refractivity contribution in [2.45, 2.75) is 60.3 Å². The van der Waals surface area contributed by atoms with E-state index in [0.717, 1.165) is 18.5 Å². The highest BCUT2D eigenvalue weighted by molar-refractivity contribution is 5.50. The zero-order valence-corrected chi connectivity index (χ0v) is 13.6. The summed E-state index contributed by atoms with van der Waals surface area (Å²) in [6.45, 7) is 13.1. The summed E-state index contributed by atoms with van der Waals surface area (Å²) in [6.07, 6.45) is 4.45. The fourth-order valence-corrected chi connectivity index (χ4v) is 3.19. The van der Waals surface area contributed by atoms with Crippen LogP contribution in [0.4, 0.5) is 0 Å². The van der Waals surface area contributed by atoms with Crippen molar-refractivity contribution in [1.82, 2.24) is 9.55 Å². The van der Waals surface area contributed by atoms with Crippen LogP contribution in [0.3, 0.4) is 0 Å². The van der Waals surface area contributed by atoms with Gasteiger partial charge < -0.3 is 4.57 Å². The largest absolute Gasteiger partial charge is 0.303 e. The van der Waals surface area contributed by atoms with Crippen molar-refractivity contribution in [3.63, 3.8) is 0 Å². The van der Waals surface area contributed by atoms with E-state index in [0.29, 0.717) is 5.92 Å². The number of aryl methyl sites for hydroxylation is 4. The van der Waals surface area contributed by atoms with E-state index in [1.165, 1.54) is 28.2 Å². The van der Waals surface area contributed by atoms with E-state index in [-0.39, 0.29) is 0 Å². The second-order valence-corrected chi connectivity index (χ2v) is 5.87. The Kier molecular flexibility index (Phi) is 4.32. The number of nitrogens with zero attached hydrogens (tertiary/aromatic N) is 2. The third kappa shape index (κ3) is 2.65. The van der Waals surface area contributed by atoms with Gasteiger partial charge in [-0.15, -0.1) is 0 Å². The van der Waals surface area contributed by atoms with Crippen LogP contribution in [0.5, 0.6) is 0 Å². The predicted octanol–water partition coefficient (Wildman–Crippen LogP) is 5.01. The van der Waals surface area contributed by atoms with E-state index in [2.05, 4.69) is 64.4 Å². The van der Waals surface area contributed by atoms with Crippen molar-refractivity contribution in [3.05, 3.63) is 46.5 Å². The molecule has 0 saturated heterocycles. The van der Waals surface area contributed by atoms with Crippen molar-refractivity contribution >= 4 is 0 Å². The van der Waals surface area contributed by atoms with Gasteiger partial charge >= 0.3 is 0 Å². The number of imidazole rings is 1. The van der Waals surface area contributed by atoms with Crippen molar-refractivity contribution in [2.24, 2.45) is 0 Å². The molecule has 2 heteroatoms. The second-order valence-electron chi connectivity index (χ2n) is 5.87. The van der Waals surface area contributed by atoms with Crippen LogP contribution >= 0.6 is 0 Å². The Morgan fingerprint density at radius 3 is 2.05 bits per heavy atom. The quantitative estimate of drug-likeness (QED) is 0.763. The molecule has 1 heterocycles. The van der Waals surface area contributed by atoms with Gasteiger partial charge in [0, 0.05) is 12.1 Å². The molecule has 0 bridgehead atoms. The summed E-state index contributed by atoms with van der Waals surface area (Å²) in [5.74, 6) is 1.74. The smallest absolute Gasteiger partial charge is 0.116 e. The highest BCUT2D eigenvalue weighted by Gasteiger charge is 2.18. The third-order valence-corrected chi connectivity index (χ3v) is 4.08. The lowest BCUT2D eigenvalue weighted by molar-refractivity contribution is 0.591. The highest BCUT2D eigenvalue weighted by atomic mass is 15.1. The Bertz CT molecular complexity index is 581. The van der Waals surface area contributed by atoms with E-state index < -0.39 is 0 Å². The van der Waals surface area contributed by atoms with Crippen LogP contribution in [0, 0.1) is 27.7 Å². The molecule has 0 amide bonds. The van der Waals surface area contributed by atoms with Gasteiger partial charge in [-0.25, -0.2) is 4.98 Å². The first-order valence-electron chi connectivity index (χ1n) is 7.62. The fourth-order valence-electron chi connectivity index (χ4n) is 3.19. The summed E-state index contributed by atoms with van der Waals surface area (Å²) < 4.78 is 2.32. The molecule has 0 saturated carbocycles. The molecule has 2 aromatic rings. The molecule has 2 rings (SSSR count). The normalized spacial score (nSPS) is 11.3. The molecule has 108 valence electrons. The summed E-state index contributed by atoms with van der Waals surface area (Å²) in [4.78, 5) is 4.80. The summed E-state index contributed by atoms with van der Waals surface area (Å²) in [6, 6.07) is 4.52. The number of hydrogen-bond acceptors (Lipinski definition) is 1. The molecule has 0 atom stereocenters. The molecule has 0 spiro atoms. The molecule has 0 N–H and O–H groups in total. The van der Waals surface area contributed by atoms with E-state index in [1.54, 1.807) is 0 Å². The molecule has 1 aromatic heterocycles. The van der Waals surface area contributed by atoms with Gasteiger partial charge in [-0.2, -0.15) is 0 Å². The molecule has 0 fully saturated rings. The zero-order chi connectivity index (χ0) is 14.9. The van der Waals surface area contributed by atoms with Gasteiger partial charge in [-0.1, -0.05) is 31.5 Å². The minimum absolute atomic E-state index is 0.531. The monoisotopic (exact) mass is 270 g/mol. The number of aromatic nitrogens is 2. The maximum atomic E-state index is 4.80. The van der Waals surface area contributed by atoms with E-state index >= 15 is 0 Å². The molecular formula is C18H26N2. The zero-order valence-electron chi connectivity index (χ0n) is 13.6. The van der Waals surface area contributed by atoms with Crippen LogP contribution in [-0.4, -0.2) is 9.55 Å². The van der Waals surface area contributed by atoms with E-state index in [1.807, 2.05) is 0 Å². The summed E-state index contributed by atoms with van der Waals surface area (Å²) in [5.41, 5.74) is 6.38. The molecule has 0 aliphatic rings. The maximum Gasteiger partial charge on any atom is 0.116 e. The predicted molar refractivity (Wildman–Crippen MR) is 85.8 cm³/mol. The Morgan fingerprint density at radius 1 is 1.00 bits per heavy atom. The van der Waals surface area contributed by atoms with Crippen molar-refractivity contribution in [3.8, 4) is 5.69 Å². The lowest BCUT2D eigenvalue weighted by atomic mass is 10.0. The minimum atomic E-state index is 0.531. The van der Waals surface area contributed by atoms with Gasteiger partial charge in [-0.3, -0.25) is 0 Å². The maximum absolute atomic E-state index is 4.80. The van der Waals surface area contributed by atoms with E-state index in [4.69, 9.17) is 4.98 Å². The van der Waals surface area contributed by atoms with Crippen molar-refractivity contribution < 1.29 is 0 Å². The molecule has 0 unspecified atom stereocenters. The van der Waals surface area contributed by atoms with Gasteiger partial charge in [0.25, 0.3) is 0 Å². The minimum Gasteiger partial charge on any atom is -0.303 e. The van der Waals surface area contributed by atoms with Crippen LogP contribution in [0.1, 0.15) is 60.8 Å². The van der Waals surface area contributed by atoms with Crippen LogP contribution < -0.4 is 0 Å². The topological polar surface area (TPSA) is 17.8 Å². The van der Waals surface area contributed by atoms with Crippen LogP contribution in [0.25, 0.3) is 5.69 Å². The average molecular weight is 270 g/mol. The number of rotatable bonds is 4. The van der Waals surface area contributed by atoms with Gasteiger partial charge in [-0.05, 0) is 51.7 Å². The molecule has 2 nitrogen and oxygen atoms in total. The van der Waals surface area contributed by atoms with Gasteiger partial charge in [0.15, 0.2) is 0 Å². The van der Waals surface area contributed by atoms with E-state index in [9.17, 15) is 0 Å². The Labute approximate surface area is 122 Å². The first-order valence-corrected chi connectivity index (χ1v) is 7.62. The van der Waals surface area contributed by atoms with Gasteiger partial charge in [0.1, 0.15) is 5.82 Å². The molecule has 0 radical (unpaired) electrons. The first kappa shape index (κ1) is 14.8. The average Bonchev–Trinajstić information content (AvgIpc) is 2.71. The summed E-state index contributed by atoms with van der Waals surface area (Å²) >= 11 is 0. The van der Waals surface area contributed by atoms with Crippen LogP contribution in [0.15, 0.2) is 18.3 Å². The highest BCUT2D eigenvalue weighted by Crippen LogP contribution is 2.29. The Morgan fingerprint density at radius 2 is 1.55 bits per heavy atom. The van der Waals surface area contributed by atoms with Gasteiger partial charge in [0.05, 0.1) is 11.4 Å². The lowest BCUT2D eigenvalue weighted by Crippen LogP contribution is -2.09. The van der Waals surface area contributed by atoms with Crippen molar-refractivity contribution in [2.75, 3.05) is 0 Å². The molecule has 20 heavy (non-hydrogen) atoms. The Balaban J connectivity index is 2.64. The Hall–Kier alpha value is -1.57. The van der Waals surface area contributed by atoms with Gasteiger partial charge in [0.2, 0.25) is 0 Å². The van der Waals surface area contributed by atoms with Crippen LogP contribution in [0.2, 0.25) is 0 Å². The summed E-state index contributed by atoms with van der Waals surface area (Å²) in [7, 11) is 0. The number of hydrogen-bond donors (Lipinski definition) is 0. The molecule has 0 aliphatic carbocycles. The fraction of sp³-hybridized carbons (Fsp3) is 0.500. The standard InChI is InChI=1S/C18H26N2/c1-7-16(8-2)18-19-15(6)11-20(18)17-13(4)9-12(3)10-14(17)5/h9-11,16H,7-8H2,1-6H3. The lowest BCUT2D eigenvalue weighted by Gasteiger charge is -2.18. The molecule has 0 aliphatic heterocycles. The number of benzene rings is 1. The first-order chi connectivity index (χ1) is 9.47. The molecular weight excluding hydrogens is 244 g/mol.